The molecule has 12 heteroatoms. The Balaban J connectivity index is 1.57. The molecule has 0 radical (unpaired) electrons. The summed E-state index contributed by atoms with van der Waals surface area (Å²) in [6.07, 6.45) is -6.37. The molecule has 0 spiro atoms. The van der Waals surface area contributed by atoms with Gasteiger partial charge in [0, 0.05) is 11.8 Å². The predicted octanol–water partition coefficient (Wildman–Crippen LogP) is 4.25. The Morgan fingerprint density at radius 1 is 0.830 bits per heavy atom. The fraction of sp³-hybridized carbons (Fsp3) is 0.229. The first-order chi connectivity index (χ1) is 22.4. The number of halogens is 1. The number of ether oxygens (including phenoxy) is 3. The minimum absolute atomic E-state index is 0.111. The van der Waals surface area contributed by atoms with E-state index in [1.807, 2.05) is 19.6 Å². The number of hydrogen-bond donors (Lipinski definition) is 0. The van der Waals surface area contributed by atoms with Crippen molar-refractivity contribution in [1.82, 2.24) is 9.13 Å². The number of rotatable bonds is 7. The third-order valence-corrected chi connectivity index (χ3v) is 7.97. The van der Waals surface area contributed by atoms with E-state index >= 15 is 4.39 Å². The molecule has 1 fully saturated rings. The Hall–Kier alpha value is -5.38. The molecule has 1 saturated heterocycles. The Bertz CT molecular complexity index is 1960. The summed E-state index contributed by atoms with van der Waals surface area (Å²) in [4.78, 5) is 66.8. The largest absolute Gasteiger partial charge is 0.459 e. The van der Waals surface area contributed by atoms with E-state index in [1.54, 1.807) is 54.6 Å². The van der Waals surface area contributed by atoms with E-state index in [0.29, 0.717) is 9.13 Å². The van der Waals surface area contributed by atoms with Crippen molar-refractivity contribution >= 4 is 25.9 Å². The van der Waals surface area contributed by atoms with Gasteiger partial charge in [0.1, 0.15) is 26.3 Å². The highest BCUT2D eigenvalue weighted by Crippen LogP contribution is 2.33. The summed E-state index contributed by atoms with van der Waals surface area (Å²) in [5.74, 6) is 0.336. The maximum Gasteiger partial charge on any atom is 0.340 e. The fourth-order valence-electron chi connectivity index (χ4n) is 4.76. The molecule has 1 aliphatic heterocycles. The summed E-state index contributed by atoms with van der Waals surface area (Å²) in [6.45, 7) is 5.23. The quantitative estimate of drug-likeness (QED) is 0.165. The number of nitrogens with zero attached hydrogens (tertiary/aromatic N) is 2. The number of alkyl halides is 1. The van der Waals surface area contributed by atoms with E-state index in [4.69, 9.17) is 14.2 Å². The van der Waals surface area contributed by atoms with Gasteiger partial charge in [-0.3, -0.25) is 9.59 Å². The van der Waals surface area contributed by atoms with Gasteiger partial charge in [-0.2, -0.15) is 0 Å². The number of benzene rings is 3. The number of hydrogen-bond acceptors (Lipinski definition) is 8. The molecule has 0 unspecified atom stereocenters. The summed E-state index contributed by atoms with van der Waals surface area (Å²) in [5, 5.41) is 0. The maximum absolute atomic E-state index is 16.5. The highest BCUT2D eigenvalue weighted by molar-refractivity contribution is 6.83. The van der Waals surface area contributed by atoms with Crippen LogP contribution in [0.3, 0.4) is 0 Å². The lowest BCUT2D eigenvalue weighted by molar-refractivity contribution is -0.0603. The van der Waals surface area contributed by atoms with E-state index in [0.717, 1.165) is 6.20 Å². The van der Waals surface area contributed by atoms with Gasteiger partial charge < -0.3 is 14.2 Å². The van der Waals surface area contributed by atoms with Crippen LogP contribution in [0.4, 0.5) is 4.39 Å². The van der Waals surface area contributed by atoms with Crippen molar-refractivity contribution in [1.29, 1.82) is 0 Å². The third kappa shape index (κ3) is 7.54. The van der Waals surface area contributed by atoms with Gasteiger partial charge in [-0.1, -0.05) is 80.2 Å². The maximum atomic E-state index is 16.5. The molecule has 4 aromatic rings. The van der Waals surface area contributed by atoms with Gasteiger partial charge in [0.2, 0.25) is 0 Å². The lowest BCUT2D eigenvalue weighted by Gasteiger charge is -2.19. The zero-order valence-corrected chi connectivity index (χ0v) is 26.8. The molecule has 5 rings (SSSR count). The molecule has 2 heterocycles. The molecule has 240 valence electrons. The molecule has 10 nitrogen and oxygen atoms in total. The van der Waals surface area contributed by atoms with Gasteiger partial charge in [0.05, 0.1) is 11.1 Å². The summed E-state index contributed by atoms with van der Waals surface area (Å²) >= 11 is 0. The first kappa shape index (κ1) is 33.0. The Labute approximate surface area is 270 Å². The van der Waals surface area contributed by atoms with Crippen molar-refractivity contribution in [3.8, 4) is 11.5 Å². The standard InChI is InChI=1S/C35H31FN2O8Si/c1-47(2,3)20-19-26-21-37(30(39)23-13-7-4-8-14-23)35(43)38(31(26)40)32-28(36)29(46-34(42)25-17-11-6-12-18-25)27(45-32)22-44-33(41)24-15-9-5-10-16-24/h4-18,21,27-29,32H,22H2,1-3H3/t27-,28+,29-,32-/m1/s1. The van der Waals surface area contributed by atoms with E-state index in [2.05, 4.69) is 11.5 Å². The molecule has 4 atom stereocenters. The van der Waals surface area contributed by atoms with Crippen molar-refractivity contribution in [2.75, 3.05) is 6.61 Å². The summed E-state index contributed by atoms with van der Waals surface area (Å²) < 4.78 is 34.4. The Morgan fingerprint density at radius 3 is 1.91 bits per heavy atom. The molecule has 0 N–H and O–H groups in total. The lowest BCUT2D eigenvalue weighted by Crippen LogP contribution is -2.47. The first-order valence-electron chi connectivity index (χ1n) is 14.7. The minimum Gasteiger partial charge on any atom is -0.459 e. The van der Waals surface area contributed by atoms with Gasteiger partial charge in [-0.05, 0) is 36.4 Å². The highest BCUT2D eigenvalue weighted by atomic mass is 28.3. The van der Waals surface area contributed by atoms with E-state index in [9.17, 15) is 24.0 Å². The number of esters is 2. The van der Waals surface area contributed by atoms with Gasteiger partial charge in [-0.15, -0.1) is 5.54 Å². The zero-order valence-electron chi connectivity index (χ0n) is 25.8. The molecule has 1 aliphatic rings. The van der Waals surface area contributed by atoms with Crippen molar-refractivity contribution in [2.24, 2.45) is 0 Å². The monoisotopic (exact) mass is 654 g/mol. The zero-order chi connectivity index (χ0) is 33.7. The average molecular weight is 655 g/mol. The van der Waals surface area contributed by atoms with Gasteiger partial charge in [0.25, 0.3) is 11.5 Å². The summed E-state index contributed by atoms with van der Waals surface area (Å²) in [5.41, 5.74) is 1.06. The van der Waals surface area contributed by atoms with Crippen LogP contribution in [-0.4, -0.2) is 60.0 Å². The highest BCUT2D eigenvalue weighted by Gasteiger charge is 2.50. The van der Waals surface area contributed by atoms with Crippen LogP contribution in [0.25, 0.3) is 0 Å². The van der Waals surface area contributed by atoms with Crippen LogP contribution >= 0.6 is 0 Å². The molecule has 0 bridgehead atoms. The second kappa shape index (κ2) is 13.9. The molecule has 1 aromatic heterocycles. The van der Waals surface area contributed by atoms with Crippen LogP contribution in [-0.2, 0) is 14.2 Å². The molecular formula is C35H31FN2O8Si. The van der Waals surface area contributed by atoms with Crippen LogP contribution in [0.1, 0.15) is 42.9 Å². The predicted molar refractivity (Wildman–Crippen MR) is 173 cm³/mol. The molecule has 0 aliphatic carbocycles. The van der Waals surface area contributed by atoms with E-state index in [-0.39, 0.29) is 22.3 Å². The SMILES string of the molecule is C[Si](C)(C)C#Cc1cn(C(=O)c2ccccc2)c(=O)n([C@@H]2O[C@H](COC(=O)c3ccccc3)[C@@H](OC(=O)c3ccccc3)[C@@H]2F)c1=O. The number of carbonyl (C=O) groups excluding carboxylic acids is 3. The summed E-state index contributed by atoms with van der Waals surface area (Å²) in [7, 11) is -2.06. The fourth-order valence-corrected chi connectivity index (χ4v) is 5.27. The third-order valence-electron chi connectivity index (χ3n) is 7.09. The minimum atomic E-state index is -2.30. The Morgan fingerprint density at radius 2 is 1.36 bits per heavy atom. The molecule has 0 saturated carbocycles. The topological polar surface area (TPSA) is 123 Å². The Kier molecular flexibility index (Phi) is 9.79. The van der Waals surface area contributed by atoms with Crippen LogP contribution in [0.5, 0.6) is 0 Å². The smallest absolute Gasteiger partial charge is 0.340 e. The second-order valence-corrected chi connectivity index (χ2v) is 16.5. The number of carbonyl (C=O) groups is 3. The lowest BCUT2D eigenvalue weighted by atomic mass is 10.1. The molecule has 0 amide bonds. The van der Waals surface area contributed by atoms with Gasteiger partial charge in [0.15, 0.2) is 18.5 Å². The normalized spacial score (nSPS) is 18.9. The molecule has 3 aromatic carbocycles. The van der Waals surface area contributed by atoms with Gasteiger partial charge in [-0.25, -0.2) is 27.9 Å². The van der Waals surface area contributed by atoms with Gasteiger partial charge >= 0.3 is 17.6 Å². The van der Waals surface area contributed by atoms with Crippen molar-refractivity contribution < 1.29 is 33.0 Å². The van der Waals surface area contributed by atoms with Crippen molar-refractivity contribution in [3.63, 3.8) is 0 Å². The van der Waals surface area contributed by atoms with Crippen LogP contribution in [0.2, 0.25) is 19.6 Å². The van der Waals surface area contributed by atoms with Crippen LogP contribution in [0.15, 0.2) is 107 Å². The number of aromatic nitrogens is 2. The first-order valence-corrected chi connectivity index (χ1v) is 18.2. The van der Waals surface area contributed by atoms with Crippen LogP contribution in [0, 0.1) is 11.5 Å². The van der Waals surface area contributed by atoms with Crippen molar-refractivity contribution in [3.05, 3.63) is 140 Å². The van der Waals surface area contributed by atoms with E-state index < -0.39 is 68.4 Å². The average Bonchev–Trinajstić information content (AvgIpc) is 3.37. The van der Waals surface area contributed by atoms with E-state index in [1.165, 1.54) is 36.4 Å². The van der Waals surface area contributed by atoms with Crippen molar-refractivity contribution in [2.45, 2.75) is 44.2 Å². The molecule has 47 heavy (non-hydrogen) atoms. The van der Waals surface area contributed by atoms with Crippen LogP contribution < -0.4 is 11.2 Å². The molecular weight excluding hydrogens is 623 g/mol. The second-order valence-electron chi connectivity index (χ2n) is 11.8. The summed E-state index contributed by atoms with van der Waals surface area (Å²) in [6, 6.07) is 23.7.